The molecule has 1 saturated carbocycles. The largest absolute Gasteiger partial charge is 0.463 e. The lowest BCUT2D eigenvalue weighted by Crippen LogP contribution is -2.48. The highest BCUT2D eigenvalue weighted by molar-refractivity contribution is 5.94. The zero-order chi connectivity index (χ0) is 18.0. The average molecular weight is 354 g/mol. The Hall–Kier alpha value is -2.51. The molecule has 2 aromatic heterocycles. The molecular weight excluding hydrogens is 337 g/mol. The average Bonchev–Trinajstić information content (AvgIpc) is 3.08. The molecule has 0 radical (unpaired) electrons. The number of aromatic amines is 1. The molecule has 8 heteroatoms. The lowest BCUT2D eigenvalue weighted by molar-refractivity contribution is -0.187. The van der Waals surface area contributed by atoms with Gasteiger partial charge in [0, 0.05) is 6.04 Å². The summed E-state index contributed by atoms with van der Waals surface area (Å²) in [5.74, 6) is -1.95. The van der Waals surface area contributed by atoms with Crippen LogP contribution in [0.2, 0.25) is 0 Å². The molecule has 2 N–H and O–H groups in total. The monoisotopic (exact) mass is 354 g/mol. The number of carbonyl (C=O) groups is 1. The fraction of sp³-hybridized carbons (Fsp3) is 0.412. The molecule has 0 aromatic carbocycles. The van der Waals surface area contributed by atoms with Crippen molar-refractivity contribution in [3.05, 3.63) is 46.4 Å². The molecule has 0 aliphatic heterocycles. The van der Waals surface area contributed by atoms with Crippen molar-refractivity contribution < 1.29 is 22.4 Å². The Kier molecular flexibility index (Phi) is 4.69. The van der Waals surface area contributed by atoms with E-state index in [0.29, 0.717) is 24.3 Å². The zero-order valence-corrected chi connectivity index (χ0v) is 13.2. The minimum Gasteiger partial charge on any atom is -0.463 e. The van der Waals surface area contributed by atoms with Gasteiger partial charge in [-0.15, -0.1) is 0 Å². The summed E-state index contributed by atoms with van der Waals surface area (Å²) in [5, 5.41) is 2.38. The van der Waals surface area contributed by atoms with Crippen molar-refractivity contribution in [2.24, 2.45) is 5.92 Å². The minimum absolute atomic E-state index is 0.0117. The lowest BCUT2D eigenvalue weighted by Gasteiger charge is -2.33. The summed E-state index contributed by atoms with van der Waals surface area (Å²) in [7, 11) is 0. The first kappa shape index (κ1) is 17.3. The normalized spacial score (nSPS) is 21.1. The second-order valence-corrected chi connectivity index (χ2v) is 6.10. The number of aromatic nitrogens is 1. The predicted octanol–water partition coefficient (Wildman–Crippen LogP) is 3.49. The molecule has 2 atom stereocenters. The number of furan rings is 1. The number of H-pyrrole nitrogens is 1. The number of rotatable bonds is 3. The third kappa shape index (κ3) is 3.78. The number of alkyl halides is 3. The van der Waals surface area contributed by atoms with Gasteiger partial charge in [-0.2, -0.15) is 13.2 Å². The van der Waals surface area contributed by atoms with Gasteiger partial charge in [-0.25, -0.2) is 0 Å². The third-order valence-corrected chi connectivity index (χ3v) is 4.44. The maximum absolute atomic E-state index is 13.1. The van der Waals surface area contributed by atoms with E-state index >= 15 is 0 Å². The molecular formula is C17H17F3N2O3. The van der Waals surface area contributed by atoms with Crippen LogP contribution in [0.15, 0.2) is 39.7 Å². The summed E-state index contributed by atoms with van der Waals surface area (Å²) in [5.41, 5.74) is -0.509. The number of amides is 1. The van der Waals surface area contributed by atoms with E-state index in [0.717, 1.165) is 0 Å². The van der Waals surface area contributed by atoms with Crippen molar-refractivity contribution in [2.45, 2.75) is 37.9 Å². The highest BCUT2D eigenvalue weighted by Gasteiger charge is 2.46. The highest BCUT2D eigenvalue weighted by atomic mass is 19.4. The molecule has 2 aromatic rings. The van der Waals surface area contributed by atoms with E-state index in [1.165, 1.54) is 18.4 Å². The van der Waals surface area contributed by atoms with E-state index in [4.69, 9.17) is 4.42 Å². The molecule has 1 fully saturated rings. The third-order valence-electron chi connectivity index (χ3n) is 4.44. The van der Waals surface area contributed by atoms with Crippen molar-refractivity contribution in [2.75, 3.05) is 0 Å². The van der Waals surface area contributed by atoms with Crippen LogP contribution in [-0.2, 0) is 0 Å². The van der Waals surface area contributed by atoms with Crippen LogP contribution in [-0.4, -0.2) is 23.1 Å². The van der Waals surface area contributed by atoms with E-state index < -0.39 is 29.6 Å². The quantitative estimate of drug-likeness (QED) is 0.886. The van der Waals surface area contributed by atoms with Crippen LogP contribution < -0.4 is 10.9 Å². The van der Waals surface area contributed by atoms with Crippen molar-refractivity contribution in [1.29, 1.82) is 0 Å². The number of nitrogens with one attached hydrogen (secondary N) is 2. The fourth-order valence-electron chi connectivity index (χ4n) is 3.17. The molecule has 1 aliphatic rings. The number of halogens is 3. The SMILES string of the molecule is O=C(NC1CCCCC1C(F)(F)F)c1ccc(-c2ccco2)[nH]c1=O. The van der Waals surface area contributed by atoms with E-state index in [2.05, 4.69) is 10.3 Å². The topological polar surface area (TPSA) is 75.1 Å². The first-order valence-electron chi connectivity index (χ1n) is 8.01. The molecule has 2 unspecified atom stereocenters. The van der Waals surface area contributed by atoms with E-state index in [-0.39, 0.29) is 18.4 Å². The second kappa shape index (κ2) is 6.78. The molecule has 1 aliphatic carbocycles. The Morgan fingerprint density at radius 2 is 1.96 bits per heavy atom. The lowest BCUT2D eigenvalue weighted by atomic mass is 9.84. The van der Waals surface area contributed by atoms with E-state index in [9.17, 15) is 22.8 Å². The van der Waals surface area contributed by atoms with Gasteiger partial charge in [0.15, 0.2) is 0 Å². The zero-order valence-electron chi connectivity index (χ0n) is 13.2. The van der Waals surface area contributed by atoms with Gasteiger partial charge in [0.2, 0.25) is 0 Å². The molecule has 134 valence electrons. The summed E-state index contributed by atoms with van der Waals surface area (Å²) >= 11 is 0. The smallest absolute Gasteiger partial charge is 0.393 e. The maximum Gasteiger partial charge on any atom is 0.393 e. The summed E-state index contributed by atoms with van der Waals surface area (Å²) in [4.78, 5) is 26.9. The molecule has 3 rings (SSSR count). The first-order chi connectivity index (χ1) is 11.9. The van der Waals surface area contributed by atoms with Crippen molar-refractivity contribution in [3.63, 3.8) is 0 Å². The fourth-order valence-corrected chi connectivity index (χ4v) is 3.17. The predicted molar refractivity (Wildman–Crippen MR) is 84.0 cm³/mol. The van der Waals surface area contributed by atoms with E-state index in [1.54, 1.807) is 12.1 Å². The number of hydrogen-bond donors (Lipinski definition) is 2. The van der Waals surface area contributed by atoms with Crippen LogP contribution in [0, 0.1) is 5.92 Å². The van der Waals surface area contributed by atoms with Crippen molar-refractivity contribution in [1.82, 2.24) is 10.3 Å². The van der Waals surface area contributed by atoms with Gasteiger partial charge in [0.25, 0.3) is 11.5 Å². The Morgan fingerprint density at radius 1 is 1.20 bits per heavy atom. The van der Waals surface area contributed by atoms with Gasteiger partial charge >= 0.3 is 6.18 Å². The van der Waals surface area contributed by atoms with Gasteiger partial charge in [-0.05, 0) is 37.1 Å². The molecule has 1 amide bonds. The Labute approximate surface area is 141 Å². The molecule has 5 nitrogen and oxygen atoms in total. The van der Waals surface area contributed by atoms with Gasteiger partial charge in [0.05, 0.1) is 17.9 Å². The van der Waals surface area contributed by atoms with Gasteiger partial charge < -0.3 is 14.7 Å². The van der Waals surface area contributed by atoms with Crippen LogP contribution in [0.5, 0.6) is 0 Å². The first-order valence-corrected chi connectivity index (χ1v) is 8.01. The molecule has 0 spiro atoms. The van der Waals surface area contributed by atoms with Crippen LogP contribution in [0.25, 0.3) is 11.5 Å². The summed E-state index contributed by atoms with van der Waals surface area (Å²) in [6.07, 6.45) is -1.59. The highest BCUT2D eigenvalue weighted by Crippen LogP contribution is 2.37. The van der Waals surface area contributed by atoms with Gasteiger partial charge in [-0.3, -0.25) is 9.59 Å². The van der Waals surface area contributed by atoms with Crippen molar-refractivity contribution >= 4 is 5.91 Å². The van der Waals surface area contributed by atoms with Gasteiger partial charge in [0.1, 0.15) is 11.3 Å². The number of carbonyl (C=O) groups excluding carboxylic acids is 1. The van der Waals surface area contributed by atoms with Gasteiger partial charge in [-0.1, -0.05) is 12.8 Å². The Bertz CT molecular complexity index is 796. The van der Waals surface area contributed by atoms with Crippen molar-refractivity contribution in [3.8, 4) is 11.5 Å². The summed E-state index contributed by atoms with van der Waals surface area (Å²) in [6, 6.07) is 5.05. The minimum atomic E-state index is -4.37. The molecule has 0 saturated heterocycles. The van der Waals surface area contributed by atoms with Crippen LogP contribution in [0.1, 0.15) is 36.0 Å². The Balaban J connectivity index is 1.78. The molecule has 0 bridgehead atoms. The summed E-state index contributed by atoms with van der Waals surface area (Å²) < 4.78 is 44.5. The van der Waals surface area contributed by atoms with E-state index in [1.807, 2.05) is 0 Å². The summed E-state index contributed by atoms with van der Waals surface area (Å²) in [6.45, 7) is 0. The standard InChI is InChI=1S/C17H17F3N2O3/c18-17(19,20)11-4-1-2-5-12(11)21-15(23)10-7-8-13(22-16(10)24)14-6-3-9-25-14/h3,6-9,11-12H,1-2,4-5H2,(H,21,23)(H,22,24). The second-order valence-electron chi connectivity index (χ2n) is 6.10. The number of pyridine rings is 1. The molecule has 2 heterocycles. The van der Waals surface area contributed by atoms with Crippen LogP contribution in [0.4, 0.5) is 13.2 Å². The maximum atomic E-state index is 13.1. The molecule has 25 heavy (non-hydrogen) atoms. The van der Waals surface area contributed by atoms with Crippen LogP contribution in [0.3, 0.4) is 0 Å². The Morgan fingerprint density at radius 3 is 2.60 bits per heavy atom. The van der Waals surface area contributed by atoms with Crippen LogP contribution >= 0.6 is 0 Å². The number of hydrogen-bond acceptors (Lipinski definition) is 3.